The Morgan fingerprint density at radius 1 is 0.478 bits per heavy atom. The van der Waals surface area contributed by atoms with Crippen molar-refractivity contribution < 1.29 is 0 Å². The van der Waals surface area contributed by atoms with Crippen LogP contribution in [0.4, 0.5) is 0 Å². The Labute approximate surface area is 275 Å². The minimum absolute atomic E-state index is 0.175. The quantitative estimate of drug-likeness (QED) is 0.105. The Morgan fingerprint density at radius 2 is 0.913 bits per heavy atom. The third-order valence-electron chi connectivity index (χ3n) is 10.8. The highest BCUT2D eigenvalue weighted by atomic mass is 31.0. The lowest BCUT2D eigenvalue weighted by Gasteiger charge is -2.29. The molecule has 46 heavy (non-hydrogen) atoms. The van der Waals surface area contributed by atoms with Crippen molar-refractivity contribution in [3.63, 3.8) is 0 Å². The van der Waals surface area contributed by atoms with Crippen LogP contribution in [-0.4, -0.2) is 7.85 Å². The average Bonchev–Trinajstić information content (AvgIpc) is 3.43. The molecule has 0 saturated heterocycles. The van der Waals surface area contributed by atoms with Gasteiger partial charge in [-0.2, -0.15) is 0 Å². The molecule has 1 atom stereocenters. The van der Waals surface area contributed by atoms with Gasteiger partial charge in [0.15, 0.2) is 0 Å². The second-order valence-corrected chi connectivity index (χ2v) is 14.8. The summed E-state index contributed by atoms with van der Waals surface area (Å²) in [6.07, 6.45) is 0. The van der Waals surface area contributed by atoms with Gasteiger partial charge in [-0.3, -0.25) is 0 Å². The fraction of sp³-hybridized carbons (Fsp3) is 0.136. The molecule has 0 nitrogen and oxygen atoms in total. The molecule has 7 aromatic carbocycles. The zero-order chi connectivity index (χ0) is 31.5. The summed E-state index contributed by atoms with van der Waals surface area (Å²) >= 11 is 0. The molecule has 2 radical (unpaired) electrons. The molecule has 1 unspecified atom stereocenters. The lowest BCUT2D eigenvalue weighted by Crippen LogP contribution is -2.19. The highest BCUT2D eigenvalue weighted by molar-refractivity contribution is 7.27. The second kappa shape index (κ2) is 9.54. The van der Waals surface area contributed by atoms with E-state index in [0.717, 1.165) is 5.46 Å². The normalized spacial score (nSPS) is 15.1. The molecule has 7 aromatic rings. The minimum Gasteiger partial charge on any atom is -0.106 e. The van der Waals surface area contributed by atoms with Crippen LogP contribution in [-0.2, 0) is 10.8 Å². The van der Waals surface area contributed by atoms with Crippen molar-refractivity contribution in [2.45, 2.75) is 38.5 Å². The fourth-order valence-corrected chi connectivity index (χ4v) is 9.13. The van der Waals surface area contributed by atoms with E-state index in [1.54, 1.807) is 0 Å². The molecule has 9 rings (SSSR count). The molecule has 218 valence electrons. The Morgan fingerprint density at radius 3 is 1.41 bits per heavy atom. The standard InChI is InChI=1S/C44H34BP/c1-43(2)35-23-27(45)15-17-29(35)31-19-21-33-38(26-13-9-6-10-14-26)40-34(37(39(33)41(31)43)25-11-7-5-8-12-25)22-20-32-30-18-16-28(46)24-36(30)44(3,4)42(32)40/h5-24H,46H2,1-4H3. The number of rotatable bonds is 2. The molecule has 0 fully saturated rings. The maximum Gasteiger partial charge on any atom is 0.113 e. The summed E-state index contributed by atoms with van der Waals surface area (Å²) in [5.74, 6) is 0. The maximum absolute atomic E-state index is 6.42. The van der Waals surface area contributed by atoms with Crippen LogP contribution in [0.1, 0.15) is 49.9 Å². The van der Waals surface area contributed by atoms with Crippen LogP contribution >= 0.6 is 9.24 Å². The van der Waals surface area contributed by atoms with Gasteiger partial charge in [0.1, 0.15) is 7.85 Å². The fourth-order valence-electron chi connectivity index (χ4n) is 8.86. The Hall–Kier alpha value is -4.45. The summed E-state index contributed by atoms with van der Waals surface area (Å²) in [6, 6.07) is 45.1. The molecular formula is C44H34BP. The van der Waals surface area contributed by atoms with E-state index in [0.29, 0.717) is 0 Å². The van der Waals surface area contributed by atoms with E-state index in [2.05, 4.69) is 152 Å². The predicted molar refractivity (Wildman–Crippen MR) is 202 cm³/mol. The predicted octanol–water partition coefficient (Wildman–Crippen LogP) is 10.2. The van der Waals surface area contributed by atoms with E-state index in [4.69, 9.17) is 7.85 Å². The van der Waals surface area contributed by atoms with E-state index in [1.165, 1.54) is 93.6 Å². The van der Waals surface area contributed by atoms with Crippen LogP contribution in [0.15, 0.2) is 121 Å². The third kappa shape index (κ3) is 3.61. The Balaban J connectivity index is 1.55. The Kier molecular flexibility index (Phi) is 5.77. The van der Waals surface area contributed by atoms with E-state index in [-0.39, 0.29) is 10.8 Å². The van der Waals surface area contributed by atoms with Gasteiger partial charge in [-0.15, -0.1) is 9.24 Å². The molecule has 0 amide bonds. The summed E-state index contributed by atoms with van der Waals surface area (Å²) in [5, 5.41) is 6.54. The molecule has 0 aliphatic heterocycles. The summed E-state index contributed by atoms with van der Waals surface area (Å²) in [4.78, 5) is 0. The monoisotopic (exact) mass is 604 g/mol. The lowest BCUT2D eigenvalue weighted by molar-refractivity contribution is 0.666. The van der Waals surface area contributed by atoms with Gasteiger partial charge in [-0.05, 0) is 93.6 Å². The first kappa shape index (κ1) is 27.8. The van der Waals surface area contributed by atoms with E-state index >= 15 is 0 Å². The van der Waals surface area contributed by atoms with E-state index in [1.807, 2.05) is 6.07 Å². The van der Waals surface area contributed by atoms with Crippen molar-refractivity contribution in [3.8, 4) is 44.5 Å². The van der Waals surface area contributed by atoms with E-state index < -0.39 is 0 Å². The highest BCUT2D eigenvalue weighted by Gasteiger charge is 2.41. The van der Waals surface area contributed by atoms with Crippen molar-refractivity contribution in [2.75, 3.05) is 0 Å². The molecule has 0 bridgehead atoms. The van der Waals surface area contributed by atoms with E-state index in [9.17, 15) is 0 Å². The van der Waals surface area contributed by atoms with Crippen LogP contribution < -0.4 is 10.8 Å². The van der Waals surface area contributed by atoms with Crippen molar-refractivity contribution in [2.24, 2.45) is 0 Å². The molecule has 2 heteroatoms. The zero-order valence-electron chi connectivity index (χ0n) is 26.7. The number of hydrogen-bond acceptors (Lipinski definition) is 0. The molecule has 0 N–H and O–H groups in total. The highest BCUT2D eigenvalue weighted by Crippen LogP contribution is 2.59. The van der Waals surface area contributed by atoms with Gasteiger partial charge in [0.2, 0.25) is 0 Å². The second-order valence-electron chi connectivity index (χ2n) is 14.2. The van der Waals surface area contributed by atoms with Crippen molar-refractivity contribution in [1.29, 1.82) is 0 Å². The van der Waals surface area contributed by atoms with Crippen molar-refractivity contribution in [3.05, 3.63) is 144 Å². The summed E-state index contributed by atoms with van der Waals surface area (Å²) in [5.41, 5.74) is 16.3. The van der Waals surface area contributed by atoms with Gasteiger partial charge in [0.05, 0.1) is 0 Å². The lowest BCUT2D eigenvalue weighted by atomic mass is 9.73. The Bertz CT molecular complexity index is 2240. The van der Waals surface area contributed by atoms with Crippen LogP contribution in [0, 0.1) is 0 Å². The van der Waals surface area contributed by atoms with Crippen LogP contribution in [0.25, 0.3) is 66.1 Å². The van der Waals surface area contributed by atoms with Gasteiger partial charge < -0.3 is 0 Å². The topological polar surface area (TPSA) is 0 Å². The van der Waals surface area contributed by atoms with Gasteiger partial charge in [0, 0.05) is 10.8 Å². The molecule has 2 aliphatic carbocycles. The molecule has 0 spiro atoms. The molecule has 0 heterocycles. The SMILES string of the molecule is [B]c1ccc2c(c1)C(C)(C)c1c-2ccc2c(-c3ccccc3)c3c4c(ccc3c(-c3ccccc3)c12)-c1ccc(P)cc1C4(C)C. The first-order valence-electron chi connectivity index (χ1n) is 16.2. The van der Waals surface area contributed by atoms with Gasteiger partial charge in [-0.25, -0.2) is 0 Å². The largest absolute Gasteiger partial charge is 0.113 e. The average molecular weight is 605 g/mol. The number of fused-ring (bicyclic) bond motifs is 10. The number of hydrogen-bond donors (Lipinski definition) is 0. The van der Waals surface area contributed by atoms with Gasteiger partial charge >= 0.3 is 0 Å². The van der Waals surface area contributed by atoms with Gasteiger partial charge in [0.25, 0.3) is 0 Å². The maximum atomic E-state index is 6.42. The zero-order valence-corrected chi connectivity index (χ0v) is 27.9. The minimum atomic E-state index is -0.230. The molecular weight excluding hydrogens is 570 g/mol. The van der Waals surface area contributed by atoms with Crippen LogP contribution in [0.2, 0.25) is 0 Å². The smallest absolute Gasteiger partial charge is 0.106 e. The number of benzene rings is 7. The summed E-state index contributed by atoms with van der Waals surface area (Å²) in [7, 11) is 9.33. The van der Waals surface area contributed by atoms with Gasteiger partial charge in [-0.1, -0.05) is 154 Å². The molecule has 0 aromatic heterocycles. The first-order chi connectivity index (χ1) is 22.2. The van der Waals surface area contributed by atoms with Crippen molar-refractivity contribution >= 4 is 49.4 Å². The third-order valence-corrected chi connectivity index (χ3v) is 11.2. The molecule has 0 saturated carbocycles. The summed E-state index contributed by atoms with van der Waals surface area (Å²) in [6.45, 7) is 9.57. The summed E-state index contributed by atoms with van der Waals surface area (Å²) < 4.78 is 0. The van der Waals surface area contributed by atoms with Crippen molar-refractivity contribution in [1.82, 2.24) is 0 Å². The van der Waals surface area contributed by atoms with Crippen LogP contribution in [0.3, 0.4) is 0 Å². The molecule has 2 aliphatic rings. The first-order valence-corrected chi connectivity index (χ1v) is 16.8. The van der Waals surface area contributed by atoms with Crippen LogP contribution in [0.5, 0.6) is 0 Å².